The van der Waals surface area contributed by atoms with E-state index < -0.39 is 0 Å². The van der Waals surface area contributed by atoms with Crippen molar-refractivity contribution < 1.29 is 4.74 Å². The standard InChI is InChI=1S/C10H10BrNO/c1-3-13-10-5-4-8(7-12-2)6-9(10)11/h4-6H,3,7H2,1H3. The predicted molar refractivity (Wildman–Crippen MR) is 55.6 cm³/mol. The van der Waals surface area contributed by atoms with Crippen molar-refractivity contribution in [3.05, 3.63) is 39.7 Å². The molecule has 0 spiro atoms. The third-order valence-corrected chi connectivity index (χ3v) is 2.18. The Morgan fingerprint density at radius 1 is 1.54 bits per heavy atom. The van der Waals surface area contributed by atoms with Gasteiger partial charge in [0.2, 0.25) is 6.54 Å². The van der Waals surface area contributed by atoms with Gasteiger partial charge in [-0.05, 0) is 41.1 Å². The lowest BCUT2D eigenvalue weighted by Gasteiger charge is -2.05. The van der Waals surface area contributed by atoms with Crippen molar-refractivity contribution in [3.8, 4) is 5.75 Å². The average molecular weight is 240 g/mol. The van der Waals surface area contributed by atoms with E-state index in [1.165, 1.54) is 0 Å². The molecule has 0 radical (unpaired) electrons. The first-order valence-electron chi connectivity index (χ1n) is 4.02. The summed E-state index contributed by atoms with van der Waals surface area (Å²) in [6, 6.07) is 5.71. The third-order valence-electron chi connectivity index (χ3n) is 1.56. The van der Waals surface area contributed by atoms with Crippen molar-refractivity contribution in [2.45, 2.75) is 13.5 Å². The van der Waals surface area contributed by atoms with E-state index in [1.807, 2.05) is 25.1 Å². The third kappa shape index (κ3) is 2.74. The van der Waals surface area contributed by atoms with Gasteiger partial charge in [-0.1, -0.05) is 0 Å². The first-order valence-corrected chi connectivity index (χ1v) is 4.81. The van der Waals surface area contributed by atoms with Gasteiger partial charge in [-0.15, -0.1) is 0 Å². The maximum atomic E-state index is 6.72. The Morgan fingerprint density at radius 2 is 2.31 bits per heavy atom. The van der Waals surface area contributed by atoms with E-state index in [0.29, 0.717) is 13.2 Å². The van der Waals surface area contributed by atoms with Crippen LogP contribution in [0.4, 0.5) is 0 Å². The molecule has 0 aliphatic carbocycles. The van der Waals surface area contributed by atoms with Crippen LogP contribution in [0, 0.1) is 6.57 Å². The van der Waals surface area contributed by atoms with Gasteiger partial charge in [0, 0.05) is 5.56 Å². The van der Waals surface area contributed by atoms with Crippen molar-refractivity contribution in [1.82, 2.24) is 0 Å². The highest BCUT2D eigenvalue weighted by molar-refractivity contribution is 9.10. The molecule has 0 aliphatic heterocycles. The van der Waals surface area contributed by atoms with E-state index in [2.05, 4.69) is 20.8 Å². The van der Waals surface area contributed by atoms with Gasteiger partial charge in [0.25, 0.3) is 0 Å². The van der Waals surface area contributed by atoms with Crippen LogP contribution in [0.3, 0.4) is 0 Å². The lowest BCUT2D eigenvalue weighted by Crippen LogP contribution is -1.92. The molecule has 0 heterocycles. The normalized spacial score (nSPS) is 9.31. The highest BCUT2D eigenvalue weighted by Gasteiger charge is 2.02. The minimum Gasteiger partial charge on any atom is -0.493 e. The van der Waals surface area contributed by atoms with Crippen molar-refractivity contribution in [3.63, 3.8) is 0 Å². The highest BCUT2D eigenvalue weighted by Crippen LogP contribution is 2.26. The molecule has 68 valence electrons. The Bertz CT molecular complexity index is 330. The largest absolute Gasteiger partial charge is 0.493 e. The van der Waals surface area contributed by atoms with Gasteiger partial charge in [0.15, 0.2) is 0 Å². The molecule has 0 bridgehead atoms. The van der Waals surface area contributed by atoms with Crippen LogP contribution < -0.4 is 4.74 Å². The summed E-state index contributed by atoms with van der Waals surface area (Å²) >= 11 is 3.39. The van der Waals surface area contributed by atoms with E-state index >= 15 is 0 Å². The fourth-order valence-corrected chi connectivity index (χ4v) is 1.55. The molecule has 1 rings (SSSR count). The van der Waals surface area contributed by atoms with Crippen molar-refractivity contribution >= 4 is 15.9 Å². The first-order chi connectivity index (χ1) is 6.27. The fourth-order valence-electron chi connectivity index (χ4n) is 1.01. The monoisotopic (exact) mass is 239 g/mol. The highest BCUT2D eigenvalue weighted by atomic mass is 79.9. The fraction of sp³-hybridized carbons (Fsp3) is 0.300. The molecule has 0 N–H and O–H groups in total. The van der Waals surface area contributed by atoms with Crippen LogP contribution >= 0.6 is 15.9 Å². The zero-order chi connectivity index (χ0) is 9.68. The molecule has 0 atom stereocenters. The van der Waals surface area contributed by atoms with Crippen LogP contribution in [0.2, 0.25) is 0 Å². The van der Waals surface area contributed by atoms with Crippen LogP contribution in [0.1, 0.15) is 12.5 Å². The summed E-state index contributed by atoms with van der Waals surface area (Å²) in [5.74, 6) is 0.830. The minimum absolute atomic E-state index is 0.422. The maximum Gasteiger partial charge on any atom is 0.239 e. The molecule has 2 nitrogen and oxygen atoms in total. The first kappa shape index (κ1) is 10.1. The maximum absolute atomic E-state index is 6.72. The van der Waals surface area contributed by atoms with E-state index in [1.54, 1.807) is 0 Å². The summed E-state index contributed by atoms with van der Waals surface area (Å²) in [4.78, 5) is 3.31. The van der Waals surface area contributed by atoms with Gasteiger partial charge < -0.3 is 9.58 Å². The van der Waals surface area contributed by atoms with Gasteiger partial charge >= 0.3 is 0 Å². The molecule has 0 unspecified atom stereocenters. The quantitative estimate of drug-likeness (QED) is 0.739. The molecular formula is C10H10BrNO. The van der Waals surface area contributed by atoms with Gasteiger partial charge in [0.05, 0.1) is 11.1 Å². The summed E-state index contributed by atoms with van der Waals surface area (Å²) < 4.78 is 6.26. The molecule has 0 aliphatic rings. The van der Waals surface area contributed by atoms with Crippen LogP contribution in [-0.2, 0) is 6.54 Å². The Kier molecular flexibility index (Phi) is 3.78. The van der Waals surface area contributed by atoms with E-state index in [-0.39, 0.29) is 0 Å². The Labute approximate surface area is 86.5 Å². The molecule has 3 heteroatoms. The molecule has 13 heavy (non-hydrogen) atoms. The van der Waals surface area contributed by atoms with Crippen molar-refractivity contribution in [2.24, 2.45) is 0 Å². The second-order valence-electron chi connectivity index (χ2n) is 2.51. The van der Waals surface area contributed by atoms with Crippen molar-refractivity contribution in [1.29, 1.82) is 0 Å². The minimum atomic E-state index is 0.422. The number of nitrogens with zero attached hydrogens (tertiary/aromatic N) is 1. The van der Waals surface area contributed by atoms with Crippen molar-refractivity contribution in [2.75, 3.05) is 6.61 Å². The van der Waals surface area contributed by atoms with Gasteiger partial charge in [-0.25, -0.2) is 6.57 Å². The number of rotatable bonds is 3. The molecule has 0 fully saturated rings. The average Bonchev–Trinajstić information content (AvgIpc) is 2.10. The summed E-state index contributed by atoms with van der Waals surface area (Å²) in [7, 11) is 0. The Balaban J connectivity index is 2.86. The lowest BCUT2D eigenvalue weighted by molar-refractivity contribution is 0.338. The van der Waals surface area contributed by atoms with E-state index in [0.717, 1.165) is 15.8 Å². The predicted octanol–water partition coefficient (Wildman–Crippen LogP) is 3.27. The number of hydrogen-bond acceptors (Lipinski definition) is 1. The molecule has 0 amide bonds. The van der Waals surface area contributed by atoms with E-state index in [4.69, 9.17) is 11.3 Å². The smallest absolute Gasteiger partial charge is 0.239 e. The molecule has 1 aromatic rings. The summed E-state index contributed by atoms with van der Waals surface area (Å²) in [6.07, 6.45) is 0. The second-order valence-corrected chi connectivity index (χ2v) is 3.37. The van der Waals surface area contributed by atoms with Gasteiger partial charge in [-0.2, -0.15) is 0 Å². The van der Waals surface area contributed by atoms with Gasteiger partial charge in [0.1, 0.15) is 5.75 Å². The number of halogens is 1. The van der Waals surface area contributed by atoms with Crippen LogP contribution in [-0.4, -0.2) is 6.61 Å². The molecular weight excluding hydrogens is 230 g/mol. The number of ether oxygens (including phenoxy) is 1. The SMILES string of the molecule is [C-]#[N+]Cc1ccc(OCC)c(Br)c1. The molecule has 0 saturated carbocycles. The van der Waals surface area contributed by atoms with Crippen LogP contribution in [0.25, 0.3) is 4.85 Å². The Hall–Kier alpha value is -1.01. The molecule has 1 aromatic carbocycles. The van der Waals surface area contributed by atoms with Crippen LogP contribution in [0.15, 0.2) is 22.7 Å². The zero-order valence-corrected chi connectivity index (χ0v) is 8.97. The van der Waals surface area contributed by atoms with Crippen LogP contribution in [0.5, 0.6) is 5.75 Å². The number of hydrogen-bond donors (Lipinski definition) is 0. The Morgan fingerprint density at radius 3 is 2.85 bits per heavy atom. The molecule has 0 saturated heterocycles. The van der Waals surface area contributed by atoms with E-state index in [9.17, 15) is 0 Å². The topological polar surface area (TPSA) is 13.6 Å². The number of benzene rings is 1. The van der Waals surface area contributed by atoms with Gasteiger partial charge in [-0.3, -0.25) is 0 Å². The summed E-state index contributed by atoms with van der Waals surface area (Å²) in [5.41, 5.74) is 1.00. The summed E-state index contributed by atoms with van der Waals surface area (Å²) in [6.45, 7) is 9.74. The lowest BCUT2D eigenvalue weighted by atomic mass is 10.2. The zero-order valence-electron chi connectivity index (χ0n) is 7.38. The molecule has 0 aromatic heterocycles. The second kappa shape index (κ2) is 4.88. The summed E-state index contributed by atoms with van der Waals surface area (Å²) in [5, 5.41) is 0.